The lowest BCUT2D eigenvalue weighted by atomic mass is 10.3. The second-order valence-corrected chi connectivity index (χ2v) is 3.16. The second kappa shape index (κ2) is 3.87. The van der Waals surface area contributed by atoms with Gasteiger partial charge in [0.2, 0.25) is 0 Å². The van der Waals surface area contributed by atoms with Crippen molar-refractivity contribution in [1.29, 1.82) is 0 Å². The van der Waals surface area contributed by atoms with Gasteiger partial charge in [-0.25, -0.2) is 0 Å². The fourth-order valence-electron chi connectivity index (χ4n) is 1.45. The number of ether oxygens (including phenoxy) is 1. The SMILES string of the molecule is CO[C@@H]1CCN([C@H](C)C(=O)O)C1. The fourth-order valence-corrected chi connectivity index (χ4v) is 1.45. The van der Waals surface area contributed by atoms with Crippen LogP contribution in [-0.4, -0.2) is 48.3 Å². The first kappa shape index (κ1) is 9.48. The number of rotatable bonds is 3. The molecule has 1 saturated heterocycles. The van der Waals surface area contributed by atoms with Gasteiger partial charge in [0.1, 0.15) is 6.04 Å². The average molecular weight is 173 g/mol. The molecule has 4 heteroatoms. The predicted molar refractivity (Wildman–Crippen MR) is 44.1 cm³/mol. The number of nitrogens with zero attached hydrogens (tertiary/aromatic N) is 1. The Bertz CT molecular complexity index is 172. The number of carbonyl (C=O) groups is 1. The molecule has 70 valence electrons. The van der Waals surface area contributed by atoms with Crippen molar-refractivity contribution in [3.8, 4) is 0 Å². The summed E-state index contributed by atoms with van der Waals surface area (Å²) in [4.78, 5) is 12.5. The van der Waals surface area contributed by atoms with Gasteiger partial charge in [-0.05, 0) is 13.3 Å². The molecule has 0 aromatic carbocycles. The molecule has 1 aliphatic heterocycles. The van der Waals surface area contributed by atoms with E-state index in [1.54, 1.807) is 14.0 Å². The zero-order valence-electron chi connectivity index (χ0n) is 7.49. The molecule has 0 aromatic rings. The van der Waals surface area contributed by atoms with Crippen LogP contribution in [0.4, 0.5) is 0 Å². The van der Waals surface area contributed by atoms with Crippen molar-refractivity contribution < 1.29 is 14.6 Å². The zero-order chi connectivity index (χ0) is 9.14. The highest BCUT2D eigenvalue weighted by molar-refractivity contribution is 5.72. The van der Waals surface area contributed by atoms with Gasteiger partial charge in [0.15, 0.2) is 0 Å². The van der Waals surface area contributed by atoms with E-state index < -0.39 is 5.97 Å². The topological polar surface area (TPSA) is 49.8 Å². The van der Waals surface area contributed by atoms with Crippen LogP contribution < -0.4 is 0 Å². The van der Waals surface area contributed by atoms with Gasteiger partial charge in [-0.2, -0.15) is 0 Å². The summed E-state index contributed by atoms with van der Waals surface area (Å²) in [5, 5.41) is 8.72. The highest BCUT2D eigenvalue weighted by Gasteiger charge is 2.28. The largest absolute Gasteiger partial charge is 0.480 e. The molecule has 0 saturated carbocycles. The standard InChI is InChI=1S/C8H15NO3/c1-6(8(10)11)9-4-3-7(5-9)12-2/h6-7H,3-5H2,1-2H3,(H,10,11)/t6-,7-/m1/s1. The Hall–Kier alpha value is -0.610. The van der Waals surface area contributed by atoms with E-state index in [-0.39, 0.29) is 12.1 Å². The second-order valence-electron chi connectivity index (χ2n) is 3.16. The summed E-state index contributed by atoms with van der Waals surface area (Å²) in [5.41, 5.74) is 0. The summed E-state index contributed by atoms with van der Waals surface area (Å²) in [5.74, 6) is -0.758. The van der Waals surface area contributed by atoms with Crippen LogP contribution in [-0.2, 0) is 9.53 Å². The van der Waals surface area contributed by atoms with Crippen molar-refractivity contribution in [2.45, 2.75) is 25.5 Å². The minimum atomic E-state index is -0.758. The van der Waals surface area contributed by atoms with Crippen LogP contribution >= 0.6 is 0 Å². The molecule has 0 aromatic heterocycles. The molecule has 1 rings (SSSR count). The van der Waals surface area contributed by atoms with E-state index in [4.69, 9.17) is 9.84 Å². The maximum Gasteiger partial charge on any atom is 0.320 e. The Morgan fingerprint density at radius 3 is 2.83 bits per heavy atom. The number of methoxy groups -OCH3 is 1. The van der Waals surface area contributed by atoms with E-state index in [0.717, 1.165) is 19.5 Å². The van der Waals surface area contributed by atoms with Crippen molar-refractivity contribution in [3.05, 3.63) is 0 Å². The summed E-state index contributed by atoms with van der Waals surface area (Å²) in [6.07, 6.45) is 1.15. The quantitative estimate of drug-likeness (QED) is 0.661. The first-order valence-corrected chi connectivity index (χ1v) is 4.14. The van der Waals surface area contributed by atoms with Crippen LogP contribution in [0.1, 0.15) is 13.3 Å². The normalized spacial score (nSPS) is 27.3. The minimum absolute atomic E-state index is 0.215. The Morgan fingerprint density at radius 1 is 1.75 bits per heavy atom. The van der Waals surface area contributed by atoms with Gasteiger partial charge in [0, 0.05) is 20.2 Å². The van der Waals surface area contributed by atoms with E-state index in [0.29, 0.717) is 0 Å². The Balaban J connectivity index is 2.41. The van der Waals surface area contributed by atoms with Gasteiger partial charge in [-0.15, -0.1) is 0 Å². The van der Waals surface area contributed by atoms with Gasteiger partial charge >= 0.3 is 5.97 Å². The molecule has 1 aliphatic rings. The molecule has 1 heterocycles. The molecule has 0 amide bonds. The van der Waals surface area contributed by atoms with Crippen LogP contribution in [0, 0.1) is 0 Å². The molecule has 1 N–H and O–H groups in total. The fraction of sp³-hybridized carbons (Fsp3) is 0.875. The van der Waals surface area contributed by atoms with Crippen molar-refractivity contribution in [3.63, 3.8) is 0 Å². The van der Waals surface area contributed by atoms with Crippen molar-refractivity contribution in [2.24, 2.45) is 0 Å². The van der Waals surface area contributed by atoms with Crippen molar-refractivity contribution in [2.75, 3.05) is 20.2 Å². The van der Waals surface area contributed by atoms with Gasteiger partial charge in [0.25, 0.3) is 0 Å². The summed E-state index contributed by atoms with van der Waals surface area (Å²) in [6.45, 7) is 3.27. The molecule has 4 nitrogen and oxygen atoms in total. The third-order valence-electron chi connectivity index (χ3n) is 2.41. The summed E-state index contributed by atoms with van der Waals surface area (Å²) in [6, 6.07) is -0.384. The molecule has 0 bridgehead atoms. The van der Waals surface area contributed by atoms with E-state index in [2.05, 4.69) is 0 Å². The molecular formula is C8H15NO3. The van der Waals surface area contributed by atoms with E-state index in [9.17, 15) is 4.79 Å². The first-order chi connectivity index (χ1) is 5.65. The average Bonchev–Trinajstić information content (AvgIpc) is 2.50. The first-order valence-electron chi connectivity index (χ1n) is 4.14. The lowest BCUT2D eigenvalue weighted by Crippen LogP contribution is -2.37. The number of carboxylic acid groups (broad SMARTS) is 1. The number of hydrogen-bond donors (Lipinski definition) is 1. The van der Waals surface area contributed by atoms with Crippen LogP contribution in [0.15, 0.2) is 0 Å². The Morgan fingerprint density at radius 2 is 2.42 bits per heavy atom. The van der Waals surface area contributed by atoms with Crippen LogP contribution in [0.25, 0.3) is 0 Å². The van der Waals surface area contributed by atoms with Gasteiger partial charge in [-0.1, -0.05) is 0 Å². The third kappa shape index (κ3) is 1.95. The monoisotopic (exact) mass is 173 g/mol. The maximum atomic E-state index is 10.6. The molecule has 1 fully saturated rings. The molecule has 0 aliphatic carbocycles. The molecule has 0 unspecified atom stereocenters. The molecular weight excluding hydrogens is 158 g/mol. The summed E-state index contributed by atoms with van der Waals surface area (Å²) >= 11 is 0. The van der Waals surface area contributed by atoms with Crippen molar-refractivity contribution in [1.82, 2.24) is 4.90 Å². The molecule has 0 radical (unpaired) electrons. The zero-order valence-corrected chi connectivity index (χ0v) is 7.49. The van der Waals surface area contributed by atoms with E-state index in [1.165, 1.54) is 0 Å². The predicted octanol–water partition coefficient (Wildman–Crippen LogP) is 0.180. The highest BCUT2D eigenvalue weighted by atomic mass is 16.5. The summed E-state index contributed by atoms with van der Waals surface area (Å²) in [7, 11) is 1.67. The number of carboxylic acids is 1. The number of likely N-dealkylation sites (tertiary alicyclic amines) is 1. The molecule has 12 heavy (non-hydrogen) atoms. The van der Waals surface area contributed by atoms with Crippen LogP contribution in [0.3, 0.4) is 0 Å². The molecule has 0 spiro atoms. The summed E-state index contributed by atoms with van der Waals surface area (Å²) < 4.78 is 5.14. The van der Waals surface area contributed by atoms with Gasteiger partial charge in [0.05, 0.1) is 6.10 Å². The molecule has 2 atom stereocenters. The Labute approximate surface area is 72.1 Å². The smallest absolute Gasteiger partial charge is 0.320 e. The third-order valence-corrected chi connectivity index (χ3v) is 2.41. The lowest BCUT2D eigenvalue weighted by Gasteiger charge is -2.19. The van der Waals surface area contributed by atoms with E-state index in [1.807, 2.05) is 4.90 Å². The van der Waals surface area contributed by atoms with Crippen molar-refractivity contribution >= 4 is 5.97 Å². The lowest BCUT2D eigenvalue weighted by molar-refractivity contribution is -0.142. The van der Waals surface area contributed by atoms with Crippen LogP contribution in [0.5, 0.6) is 0 Å². The van der Waals surface area contributed by atoms with E-state index >= 15 is 0 Å². The number of aliphatic carboxylic acids is 1. The van der Waals surface area contributed by atoms with Gasteiger partial charge < -0.3 is 9.84 Å². The van der Waals surface area contributed by atoms with Crippen LogP contribution in [0.2, 0.25) is 0 Å². The Kier molecular flexibility index (Phi) is 3.05. The highest BCUT2D eigenvalue weighted by Crippen LogP contribution is 2.14. The maximum absolute atomic E-state index is 10.6. The van der Waals surface area contributed by atoms with Gasteiger partial charge in [-0.3, -0.25) is 9.69 Å². The minimum Gasteiger partial charge on any atom is -0.480 e. The number of hydrogen-bond acceptors (Lipinski definition) is 3.